The zero-order valence-corrected chi connectivity index (χ0v) is 17.6. The molecule has 7 nitrogen and oxygen atoms in total. The van der Waals surface area contributed by atoms with Crippen LogP contribution < -0.4 is 14.8 Å². The lowest BCUT2D eigenvalue weighted by Crippen LogP contribution is -2.55. The lowest BCUT2D eigenvalue weighted by molar-refractivity contribution is -0.136. The number of carbonyl (C=O) groups is 2. The number of carbonyl (C=O) groups excluding carboxylic acids is 2. The number of nitrogens with zero attached hydrogens (tertiary/aromatic N) is 2. The van der Waals surface area contributed by atoms with Crippen LogP contribution in [-0.4, -0.2) is 72.1 Å². The van der Waals surface area contributed by atoms with Gasteiger partial charge in [0.2, 0.25) is 5.91 Å². The minimum absolute atomic E-state index is 0.00202. The van der Waals surface area contributed by atoms with Crippen LogP contribution in [0.15, 0.2) is 18.2 Å². The summed E-state index contributed by atoms with van der Waals surface area (Å²) in [4.78, 5) is 28.8. The highest BCUT2D eigenvalue weighted by Crippen LogP contribution is 2.41. The predicted octanol–water partition coefficient (Wildman–Crippen LogP) is 1.59. The SMILES string of the molecule is CC(C(=O)NC1CC1)N1CCN(C(=O)COc2cccc3c2OC(C)(C)C3)CC1. The molecule has 2 heterocycles. The lowest BCUT2D eigenvalue weighted by Gasteiger charge is -2.37. The van der Waals surface area contributed by atoms with Gasteiger partial charge in [-0.1, -0.05) is 12.1 Å². The van der Waals surface area contributed by atoms with Crippen LogP contribution in [0.4, 0.5) is 0 Å². The summed E-state index contributed by atoms with van der Waals surface area (Å²) in [6.07, 6.45) is 3.02. The second-order valence-electron chi connectivity index (χ2n) is 8.95. The van der Waals surface area contributed by atoms with E-state index in [4.69, 9.17) is 9.47 Å². The van der Waals surface area contributed by atoms with E-state index in [-0.39, 0.29) is 30.1 Å². The van der Waals surface area contributed by atoms with Crippen LogP contribution in [0.2, 0.25) is 0 Å². The molecule has 1 unspecified atom stereocenters. The Hall–Kier alpha value is -2.28. The zero-order valence-electron chi connectivity index (χ0n) is 17.6. The number of fused-ring (bicyclic) bond motifs is 1. The Morgan fingerprint density at radius 2 is 1.97 bits per heavy atom. The van der Waals surface area contributed by atoms with Gasteiger partial charge in [0.05, 0.1) is 6.04 Å². The topological polar surface area (TPSA) is 71.1 Å². The van der Waals surface area contributed by atoms with E-state index in [9.17, 15) is 9.59 Å². The molecular weight excluding hydrogens is 370 g/mol. The average Bonchev–Trinajstić information content (AvgIpc) is 3.44. The Morgan fingerprint density at radius 1 is 1.24 bits per heavy atom. The fraction of sp³-hybridized carbons (Fsp3) is 0.636. The molecule has 1 aliphatic carbocycles. The fourth-order valence-electron chi connectivity index (χ4n) is 4.01. The number of para-hydroxylation sites is 1. The summed E-state index contributed by atoms with van der Waals surface area (Å²) < 4.78 is 11.8. The average molecular weight is 402 g/mol. The molecule has 7 heteroatoms. The van der Waals surface area contributed by atoms with Crippen LogP contribution in [0.5, 0.6) is 11.5 Å². The Bertz CT molecular complexity index is 782. The van der Waals surface area contributed by atoms with E-state index in [1.807, 2.05) is 43.9 Å². The molecule has 0 radical (unpaired) electrons. The third-order valence-electron chi connectivity index (χ3n) is 5.92. The van der Waals surface area contributed by atoms with Crippen LogP contribution in [0, 0.1) is 0 Å². The van der Waals surface area contributed by atoms with E-state index < -0.39 is 0 Å². The normalized spacial score (nSPS) is 21.8. The van der Waals surface area contributed by atoms with Gasteiger partial charge in [-0.15, -0.1) is 0 Å². The van der Waals surface area contributed by atoms with Crippen molar-refractivity contribution in [1.29, 1.82) is 0 Å². The second kappa shape index (κ2) is 7.86. The van der Waals surface area contributed by atoms with Crippen LogP contribution in [0.1, 0.15) is 39.2 Å². The molecular formula is C22H31N3O4. The molecule has 2 aliphatic heterocycles. The van der Waals surface area contributed by atoms with Gasteiger partial charge >= 0.3 is 0 Å². The molecule has 3 aliphatic rings. The molecule has 1 aromatic carbocycles. The van der Waals surface area contributed by atoms with Crippen molar-refractivity contribution in [2.45, 2.75) is 57.7 Å². The first-order valence-electron chi connectivity index (χ1n) is 10.6. The van der Waals surface area contributed by atoms with E-state index >= 15 is 0 Å². The molecule has 4 rings (SSSR count). The van der Waals surface area contributed by atoms with Gasteiger partial charge in [0.15, 0.2) is 18.1 Å². The first kappa shape index (κ1) is 20.0. The fourth-order valence-corrected chi connectivity index (χ4v) is 4.01. The van der Waals surface area contributed by atoms with Gasteiger partial charge in [-0.3, -0.25) is 14.5 Å². The smallest absolute Gasteiger partial charge is 0.260 e. The van der Waals surface area contributed by atoms with Crippen molar-refractivity contribution in [2.24, 2.45) is 0 Å². The van der Waals surface area contributed by atoms with Gasteiger partial charge in [0.1, 0.15) is 5.60 Å². The molecule has 1 aromatic rings. The Labute approximate surface area is 172 Å². The number of rotatable bonds is 6. The largest absolute Gasteiger partial charge is 0.483 e. The number of nitrogens with one attached hydrogen (secondary N) is 1. The van der Waals surface area contributed by atoms with E-state index in [1.54, 1.807) is 0 Å². The number of hydrogen-bond donors (Lipinski definition) is 1. The lowest BCUT2D eigenvalue weighted by atomic mass is 10.0. The van der Waals surface area contributed by atoms with Gasteiger partial charge in [-0.25, -0.2) is 0 Å². The van der Waals surface area contributed by atoms with Crippen molar-refractivity contribution in [1.82, 2.24) is 15.1 Å². The number of benzene rings is 1. The number of ether oxygens (including phenoxy) is 2. The maximum absolute atomic E-state index is 12.6. The standard InChI is InChI=1S/C22H31N3O4/c1-15(21(27)23-17-7-8-17)24-9-11-25(12-10-24)19(26)14-28-18-6-4-5-16-13-22(2,3)29-20(16)18/h4-6,15,17H,7-14H2,1-3H3,(H,23,27). The minimum Gasteiger partial charge on any atom is -0.483 e. The molecule has 2 fully saturated rings. The van der Waals surface area contributed by atoms with E-state index in [1.165, 1.54) is 0 Å². The summed E-state index contributed by atoms with van der Waals surface area (Å²) in [5.74, 6) is 1.45. The summed E-state index contributed by atoms with van der Waals surface area (Å²) >= 11 is 0. The second-order valence-corrected chi connectivity index (χ2v) is 8.95. The molecule has 0 bridgehead atoms. The maximum Gasteiger partial charge on any atom is 0.260 e. The molecule has 0 spiro atoms. The van der Waals surface area contributed by atoms with E-state index in [2.05, 4.69) is 10.2 Å². The third kappa shape index (κ3) is 4.66. The van der Waals surface area contributed by atoms with Crippen LogP contribution in [0.25, 0.3) is 0 Å². The van der Waals surface area contributed by atoms with Gasteiger partial charge < -0.3 is 19.7 Å². The summed E-state index contributed by atoms with van der Waals surface area (Å²) in [6, 6.07) is 6.05. The Balaban J connectivity index is 1.26. The Morgan fingerprint density at radius 3 is 2.66 bits per heavy atom. The van der Waals surface area contributed by atoms with Crippen molar-refractivity contribution >= 4 is 11.8 Å². The minimum atomic E-state index is -0.245. The van der Waals surface area contributed by atoms with Crippen molar-refractivity contribution in [2.75, 3.05) is 32.8 Å². The summed E-state index contributed by atoms with van der Waals surface area (Å²) in [5.41, 5.74) is 0.872. The number of hydrogen-bond acceptors (Lipinski definition) is 5. The van der Waals surface area contributed by atoms with Crippen molar-refractivity contribution in [3.63, 3.8) is 0 Å². The van der Waals surface area contributed by atoms with Gasteiger partial charge in [0.25, 0.3) is 5.91 Å². The first-order valence-corrected chi connectivity index (χ1v) is 10.6. The molecule has 2 amide bonds. The molecule has 0 aromatic heterocycles. The van der Waals surface area contributed by atoms with E-state index in [0.29, 0.717) is 38.0 Å². The highest BCUT2D eigenvalue weighted by molar-refractivity contribution is 5.82. The maximum atomic E-state index is 12.6. The summed E-state index contributed by atoms with van der Waals surface area (Å²) in [5, 5.41) is 3.06. The van der Waals surface area contributed by atoms with Gasteiger partial charge in [-0.05, 0) is 39.7 Å². The third-order valence-corrected chi connectivity index (χ3v) is 5.92. The van der Waals surface area contributed by atoms with Gasteiger partial charge in [-0.2, -0.15) is 0 Å². The molecule has 1 N–H and O–H groups in total. The van der Waals surface area contributed by atoms with Crippen molar-refractivity contribution < 1.29 is 19.1 Å². The molecule has 158 valence electrons. The number of piperazine rings is 1. The van der Waals surface area contributed by atoms with E-state index in [0.717, 1.165) is 30.6 Å². The quantitative estimate of drug-likeness (QED) is 0.784. The van der Waals surface area contributed by atoms with Gasteiger partial charge in [0, 0.05) is 44.2 Å². The number of amides is 2. The summed E-state index contributed by atoms with van der Waals surface area (Å²) in [6.45, 7) is 8.65. The highest BCUT2D eigenvalue weighted by atomic mass is 16.5. The first-order chi connectivity index (χ1) is 13.8. The van der Waals surface area contributed by atoms with Crippen LogP contribution >= 0.6 is 0 Å². The molecule has 1 saturated carbocycles. The Kier molecular flexibility index (Phi) is 5.42. The predicted molar refractivity (Wildman–Crippen MR) is 109 cm³/mol. The monoisotopic (exact) mass is 401 g/mol. The highest BCUT2D eigenvalue weighted by Gasteiger charge is 2.33. The van der Waals surface area contributed by atoms with Crippen LogP contribution in [-0.2, 0) is 16.0 Å². The van der Waals surface area contributed by atoms with Crippen molar-refractivity contribution in [3.05, 3.63) is 23.8 Å². The van der Waals surface area contributed by atoms with Crippen LogP contribution in [0.3, 0.4) is 0 Å². The zero-order chi connectivity index (χ0) is 20.6. The molecule has 1 saturated heterocycles. The molecule has 1 atom stereocenters. The van der Waals surface area contributed by atoms with Crippen molar-refractivity contribution in [3.8, 4) is 11.5 Å². The molecule has 29 heavy (non-hydrogen) atoms. The summed E-state index contributed by atoms with van der Waals surface area (Å²) in [7, 11) is 0.